The fourth-order valence-electron chi connectivity index (χ4n) is 1.94. The third-order valence-corrected chi connectivity index (χ3v) is 3.01. The number of carbonyl (C=O) groups excluding carboxylic acids is 1. The first-order valence-corrected chi connectivity index (χ1v) is 6.04. The smallest absolute Gasteiger partial charge is 0.198 e. The summed E-state index contributed by atoms with van der Waals surface area (Å²) in [7, 11) is 3.39. The Kier molecular flexibility index (Phi) is 3.85. The molecule has 0 radical (unpaired) electrons. The summed E-state index contributed by atoms with van der Waals surface area (Å²) in [6.07, 6.45) is 4.44. The summed E-state index contributed by atoms with van der Waals surface area (Å²) in [4.78, 5) is 16.0. The first kappa shape index (κ1) is 13.1. The fraction of sp³-hybridized carbons (Fsp3) is 0.286. The zero-order valence-electron chi connectivity index (χ0n) is 11.1. The highest BCUT2D eigenvalue weighted by molar-refractivity contribution is 5.92. The molecular formula is C14H17N3O2. The molecule has 0 atom stereocenters. The maximum atomic E-state index is 12.0. The van der Waals surface area contributed by atoms with Crippen LogP contribution in [0, 0.1) is 0 Å². The zero-order valence-corrected chi connectivity index (χ0v) is 11.1. The van der Waals surface area contributed by atoms with Crippen LogP contribution >= 0.6 is 0 Å². The van der Waals surface area contributed by atoms with Gasteiger partial charge in [-0.1, -0.05) is 6.07 Å². The second kappa shape index (κ2) is 5.56. The van der Waals surface area contributed by atoms with Crippen molar-refractivity contribution in [3.05, 3.63) is 42.0 Å². The van der Waals surface area contributed by atoms with Gasteiger partial charge < -0.3 is 15.0 Å². The number of anilines is 1. The molecule has 5 heteroatoms. The van der Waals surface area contributed by atoms with Gasteiger partial charge in [-0.3, -0.25) is 4.79 Å². The van der Waals surface area contributed by atoms with Gasteiger partial charge in [-0.15, -0.1) is 0 Å². The molecule has 0 spiro atoms. The lowest BCUT2D eigenvalue weighted by Gasteiger charge is -2.07. The molecule has 0 fully saturated rings. The van der Waals surface area contributed by atoms with E-state index >= 15 is 0 Å². The number of aromatic nitrogens is 2. The molecule has 1 aromatic carbocycles. The Morgan fingerprint density at radius 2 is 2.26 bits per heavy atom. The summed E-state index contributed by atoms with van der Waals surface area (Å²) in [5.41, 5.74) is 7.43. The van der Waals surface area contributed by atoms with Crippen molar-refractivity contribution in [3.8, 4) is 5.75 Å². The van der Waals surface area contributed by atoms with E-state index in [9.17, 15) is 4.79 Å². The van der Waals surface area contributed by atoms with E-state index in [1.54, 1.807) is 24.1 Å². The number of hydrogen-bond acceptors (Lipinski definition) is 4. The Morgan fingerprint density at radius 3 is 2.84 bits per heavy atom. The lowest BCUT2D eigenvalue weighted by atomic mass is 10.1. The number of nitrogen functional groups attached to an aromatic ring is 1. The average molecular weight is 259 g/mol. The molecule has 19 heavy (non-hydrogen) atoms. The van der Waals surface area contributed by atoms with E-state index in [1.165, 1.54) is 0 Å². The fourth-order valence-corrected chi connectivity index (χ4v) is 1.94. The Bertz CT molecular complexity index is 590. The highest BCUT2D eigenvalue weighted by atomic mass is 16.5. The van der Waals surface area contributed by atoms with Gasteiger partial charge in [0.05, 0.1) is 12.8 Å². The van der Waals surface area contributed by atoms with Gasteiger partial charge in [0.25, 0.3) is 0 Å². The summed E-state index contributed by atoms with van der Waals surface area (Å²) in [6, 6.07) is 5.57. The van der Waals surface area contributed by atoms with Crippen LogP contribution in [0.15, 0.2) is 30.6 Å². The van der Waals surface area contributed by atoms with Crippen LogP contribution in [0.4, 0.5) is 5.69 Å². The van der Waals surface area contributed by atoms with Crippen molar-refractivity contribution in [3.63, 3.8) is 0 Å². The SMILES string of the molecule is COc1ccc(CCC(=O)c2nccn2C)cc1N. The number of nitrogens with zero attached hydrogens (tertiary/aromatic N) is 2. The molecule has 2 rings (SSSR count). The highest BCUT2D eigenvalue weighted by Crippen LogP contribution is 2.22. The number of methoxy groups -OCH3 is 1. The van der Waals surface area contributed by atoms with Crippen molar-refractivity contribution < 1.29 is 9.53 Å². The van der Waals surface area contributed by atoms with Crippen LogP contribution in [0.1, 0.15) is 22.6 Å². The molecule has 2 N–H and O–H groups in total. The molecule has 5 nitrogen and oxygen atoms in total. The lowest BCUT2D eigenvalue weighted by molar-refractivity contribution is 0.0970. The summed E-state index contributed by atoms with van der Waals surface area (Å²) < 4.78 is 6.82. The summed E-state index contributed by atoms with van der Waals surface area (Å²) in [6.45, 7) is 0. The van der Waals surface area contributed by atoms with Gasteiger partial charge in [-0.05, 0) is 24.1 Å². The molecule has 1 heterocycles. The van der Waals surface area contributed by atoms with Gasteiger partial charge in [-0.2, -0.15) is 0 Å². The van der Waals surface area contributed by atoms with Crippen LogP contribution < -0.4 is 10.5 Å². The molecule has 0 unspecified atom stereocenters. The van der Waals surface area contributed by atoms with Gasteiger partial charge in [0.2, 0.25) is 0 Å². The van der Waals surface area contributed by atoms with E-state index in [-0.39, 0.29) is 5.78 Å². The topological polar surface area (TPSA) is 70.1 Å². The van der Waals surface area contributed by atoms with Gasteiger partial charge >= 0.3 is 0 Å². The predicted octanol–water partition coefficient (Wildman–Crippen LogP) is 1.83. The number of benzene rings is 1. The average Bonchev–Trinajstić information content (AvgIpc) is 2.82. The van der Waals surface area contributed by atoms with Crippen molar-refractivity contribution in [2.24, 2.45) is 7.05 Å². The van der Waals surface area contributed by atoms with Gasteiger partial charge in [-0.25, -0.2) is 4.98 Å². The van der Waals surface area contributed by atoms with E-state index in [2.05, 4.69) is 4.98 Å². The molecule has 0 aliphatic rings. The number of ether oxygens (including phenoxy) is 1. The summed E-state index contributed by atoms with van der Waals surface area (Å²) >= 11 is 0. The van der Waals surface area contributed by atoms with Crippen LogP contribution in [-0.4, -0.2) is 22.4 Å². The van der Waals surface area contributed by atoms with E-state index in [0.29, 0.717) is 30.1 Å². The first-order chi connectivity index (χ1) is 9.11. The van der Waals surface area contributed by atoms with Gasteiger partial charge in [0.1, 0.15) is 5.75 Å². The van der Waals surface area contributed by atoms with Gasteiger partial charge in [0.15, 0.2) is 11.6 Å². The van der Waals surface area contributed by atoms with Crippen molar-refractivity contribution >= 4 is 11.5 Å². The largest absolute Gasteiger partial charge is 0.495 e. The number of carbonyl (C=O) groups is 1. The van der Waals surface area contributed by atoms with Crippen LogP contribution in [-0.2, 0) is 13.5 Å². The summed E-state index contributed by atoms with van der Waals surface area (Å²) in [5, 5.41) is 0. The number of ketones is 1. The van der Waals surface area contributed by atoms with Gasteiger partial charge in [0, 0.05) is 25.9 Å². The van der Waals surface area contributed by atoms with Crippen molar-refractivity contribution in [1.82, 2.24) is 9.55 Å². The molecule has 0 saturated heterocycles. The molecule has 0 aliphatic heterocycles. The third-order valence-electron chi connectivity index (χ3n) is 3.01. The molecule has 1 aromatic heterocycles. The molecular weight excluding hydrogens is 242 g/mol. The van der Waals surface area contributed by atoms with Crippen molar-refractivity contribution in [1.29, 1.82) is 0 Å². The number of hydrogen-bond donors (Lipinski definition) is 1. The summed E-state index contributed by atoms with van der Waals surface area (Å²) in [5.74, 6) is 1.17. The molecule has 0 bridgehead atoms. The van der Waals surface area contributed by atoms with E-state index < -0.39 is 0 Å². The molecule has 100 valence electrons. The zero-order chi connectivity index (χ0) is 13.8. The van der Waals surface area contributed by atoms with Crippen molar-refractivity contribution in [2.45, 2.75) is 12.8 Å². The minimum atomic E-state index is 0.0295. The second-order valence-electron chi connectivity index (χ2n) is 4.36. The Morgan fingerprint density at radius 1 is 1.47 bits per heavy atom. The number of aryl methyl sites for hydroxylation is 2. The number of rotatable bonds is 5. The van der Waals surface area contributed by atoms with Crippen LogP contribution in [0.2, 0.25) is 0 Å². The maximum absolute atomic E-state index is 12.0. The van der Waals surface area contributed by atoms with E-state index in [4.69, 9.17) is 10.5 Å². The van der Waals surface area contributed by atoms with E-state index in [0.717, 1.165) is 5.56 Å². The Hall–Kier alpha value is -2.30. The lowest BCUT2D eigenvalue weighted by Crippen LogP contribution is -2.08. The third kappa shape index (κ3) is 2.93. The predicted molar refractivity (Wildman–Crippen MR) is 73.3 cm³/mol. The van der Waals surface area contributed by atoms with E-state index in [1.807, 2.05) is 25.2 Å². The minimum absolute atomic E-state index is 0.0295. The Labute approximate surface area is 112 Å². The molecule has 0 saturated carbocycles. The number of imidazole rings is 1. The maximum Gasteiger partial charge on any atom is 0.198 e. The number of nitrogens with two attached hydrogens (primary N) is 1. The van der Waals surface area contributed by atoms with Crippen LogP contribution in [0.25, 0.3) is 0 Å². The van der Waals surface area contributed by atoms with Crippen LogP contribution in [0.5, 0.6) is 5.75 Å². The standard InChI is InChI=1S/C14H17N3O2/c1-17-8-7-16-14(17)12(18)5-3-10-4-6-13(19-2)11(15)9-10/h4,6-9H,3,5,15H2,1-2H3. The quantitative estimate of drug-likeness (QED) is 0.657. The molecule has 0 amide bonds. The highest BCUT2D eigenvalue weighted by Gasteiger charge is 2.11. The minimum Gasteiger partial charge on any atom is -0.495 e. The van der Waals surface area contributed by atoms with Crippen LogP contribution in [0.3, 0.4) is 0 Å². The normalized spacial score (nSPS) is 10.4. The van der Waals surface area contributed by atoms with Crippen molar-refractivity contribution in [2.75, 3.05) is 12.8 Å². The first-order valence-electron chi connectivity index (χ1n) is 6.04. The monoisotopic (exact) mass is 259 g/mol. The number of Topliss-reactive ketones (excluding diaryl/α,β-unsaturated/α-hetero) is 1. The second-order valence-corrected chi connectivity index (χ2v) is 4.36. The molecule has 2 aromatic rings. The Balaban J connectivity index is 2.01. The molecule has 0 aliphatic carbocycles.